The van der Waals surface area contributed by atoms with Crippen molar-refractivity contribution in [1.29, 1.82) is 0 Å². The third kappa shape index (κ3) is 28.9. The predicted molar refractivity (Wildman–Crippen MR) is 165 cm³/mol. The van der Waals surface area contributed by atoms with Crippen LogP contribution in [0, 0.1) is 0 Å². The number of carbonyl (C=O) groups excluding carboxylic acids is 2. The molecular formula is C31H62NO8P. The molecule has 0 fully saturated rings. The van der Waals surface area contributed by atoms with Gasteiger partial charge >= 0.3 is 19.8 Å². The number of nitrogens with two attached hydrogens (primary N) is 1. The van der Waals surface area contributed by atoms with Crippen molar-refractivity contribution in [2.45, 2.75) is 161 Å². The fraction of sp³-hybridized carbons (Fsp3) is 0.935. The van der Waals surface area contributed by atoms with Crippen molar-refractivity contribution < 1.29 is 37.6 Å². The Kier molecular flexibility index (Phi) is 28.4. The number of phosphoric ester groups is 1. The fourth-order valence-electron chi connectivity index (χ4n) is 4.52. The first-order valence-corrected chi connectivity index (χ1v) is 18.0. The van der Waals surface area contributed by atoms with Gasteiger partial charge in [-0.05, 0) is 12.8 Å². The second-order valence-electron chi connectivity index (χ2n) is 11.0. The maximum Gasteiger partial charge on any atom is 0.472 e. The van der Waals surface area contributed by atoms with Crippen LogP contribution in [0.1, 0.15) is 155 Å². The van der Waals surface area contributed by atoms with Gasteiger partial charge in [0.25, 0.3) is 0 Å². The van der Waals surface area contributed by atoms with Crippen LogP contribution >= 0.6 is 7.82 Å². The van der Waals surface area contributed by atoms with Gasteiger partial charge in [0.15, 0.2) is 6.10 Å². The predicted octanol–water partition coefficient (Wildman–Crippen LogP) is 8.16. The Bertz CT molecular complexity index is 664. The Hall–Kier alpha value is -0.990. The van der Waals surface area contributed by atoms with Gasteiger partial charge in [0.05, 0.1) is 13.2 Å². The quantitative estimate of drug-likeness (QED) is 0.0454. The third-order valence-electron chi connectivity index (χ3n) is 6.99. The zero-order valence-electron chi connectivity index (χ0n) is 26.3. The molecule has 2 atom stereocenters. The molecule has 0 aromatic heterocycles. The smallest absolute Gasteiger partial charge is 0.462 e. The molecule has 9 nitrogen and oxygen atoms in total. The van der Waals surface area contributed by atoms with E-state index >= 15 is 0 Å². The Morgan fingerprint density at radius 1 is 0.634 bits per heavy atom. The van der Waals surface area contributed by atoms with Gasteiger partial charge in [-0.25, -0.2) is 4.57 Å². The molecule has 0 aliphatic heterocycles. The molecule has 0 aliphatic rings. The lowest BCUT2D eigenvalue weighted by atomic mass is 10.0. The van der Waals surface area contributed by atoms with E-state index in [1.807, 2.05) is 0 Å². The van der Waals surface area contributed by atoms with Crippen molar-refractivity contribution in [3.63, 3.8) is 0 Å². The highest BCUT2D eigenvalue weighted by molar-refractivity contribution is 7.47. The average molecular weight is 608 g/mol. The van der Waals surface area contributed by atoms with Gasteiger partial charge in [0.1, 0.15) is 6.61 Å². The first kappa shape index (κ1) is 40.0. The van der Waals surface area contributed by atoms with Crippen LogP contribution in [0.15, 0.2) is 0 Å². The van der Waals surface area contributed by atoms with Gasteiger partial charge in [-0.2, -0.15) is 0 Å². The summed E-state index contributed by atoms with van der Waals surface area (Å²) in [5, 5.41) is 0. The van der Waals surface area contributed by atoms with Crippen molar-refractivity contribution in [3.05, 3.63) is 0 Å². The van der Waals surface area contributed by atoms with Crippen LogP contribution in [-0.4, -0.2) is 49.3 Å². The van der Waals surface area contributed by atoms with Crippen LogP contribution in [0.25, 0.3) is 0 Å². The van der Waals surface area contributed by atoms with Crippen LogP contribution in [0.2, 0.25) is 0 Å². The van der Waals surface area contributed by atoms with Crippen LogP contribution in [0.4, 0.5) is 0 Å². The number of rotatable bonds is 31. The average Bonchev–Trinajstić information content (AvgIpc) is 2.95. The fourth-order valence-corrected chi connectivity index (χ4v) is 5.28. The lowest BCUT2D eigenvalue weighted by Gasteiger charge is -2.19. The number of ether oxygens (including phenoxy) is 2. The molecule has 0 aliphatic carbocycles. The number of unbranched alkanes of at least 4 members (excludes halogenated alkanes) is 18. The molecule has 0 aromatic rings. The molecule has 0 saturated heterocycles. The molecule has 0 rings (SSSR count). The third-order valence-corrected chi connectivity index (χ3v) is 7.98. The number of carbonyl (C=O) groups is 2. The van der Waals surface area contributed by atoms with E-state index < -0.39 is 26.5 Å². The van der Waals surface area contributed by atoms with Gasteiger partial charge in [0, 0.05) is 19.4 Å². The summed E-state index contributed by atoms with van der Waals surface area (Å²) in [6.07, 6.45) is 22.9. The first-order chi connectivity index (χ1) is 19.8. The zero-order valence-corrected chi connectivity index (χ0v) is 27.2. The van der Waals surface area contributed by atoms with Gasteiger partial charge in [-0.15, -0.1) is 0 Å². The second-order valence-corrected chi connectivity index (χ2v) is 12.5. The monoisotopic (exact) mass is 607 g/mol. The van der Waals surface area contributed by atoms with Crippen molar-refractivity contribution in [3.8, 4) is 0 Å². The van der Waals surface area contributed by atoms with E-state index in [2.05, 4.69) is 13.8 Å². The summed E-state index contributed by atoms with van der Waals surface area (Å²) in [4.78, 5) is 34.4. The minimum Gasteiger partial charge on any atom is -0.462 e. The Labute approximate surface area is 250 Å². The summed E-state index contributed by atoms with van der Waals surface area (Å²) >= 11 is 0. The minimum absolute atomic E-state index is 0.0572. The lowest BCUT2D eigenvalue weighted by Crippen LogP contribution is -2.29. The van der Waals surface area contributed by atoms with Gasteiger partial charge < -0.3 is 20.1 Å². The van der Waals surface area contributed by atoms with Crippen LogP contribution in [-0.2, 0) is 32.7 Å². The topological polar surface area (TPSA) is 134 Å². The zero-order chi connectivity index (χ0) is 30.4. The summed E-state index contributed by atoms with van der Waals surface area (Å²) in [5.41, 5.74) is 5.30. The number of phosphoric acid groups is 1. The van der Waals surface area contributed by atoms with Crippen molar-refractivity contribution in [1.82, 2.24) is 0 Å². The molecule has 0 saturated carbocycles. The Balaban J connectivity index is 4.25. The normalized spacial score (nSPS) is 13.6. The van der Waals surface area contributed by atoms with E-state index in [-0.39, 0.29) is 38.6 Å². The number of esters is 2. The Morgan fingerprint density at radius 2 is 1.05 bits per heavy atom. The van der Waals surface area contributed by atoms with Crippen LogP contribution < -0.4 is 5.73 Å². The van der Waals surface area contributed by atoms with Crippen LogP contribution in [0.3, 0.4) is 0 Å². The summed E-state index contributed by atoms with van der Waals surface area (Å²) in [5.74, 6) is -0.830. The summed E-state index contributed by atoms with van der Waals surface area (Å²) < 4.78 is 32.4. The number of hydrogen-bond donors (Lipinski definition) is 2. The first-order valence-electron chi connectivity index (χ1n) is 16.5. The van der Waals surface area contributed by atoms with Gasteiger partial charge in [-0.1, -0.05) is 129 Å². The highest BCUT2D eigenvalue weighted by Crippen LogP contribution is 2.43. The molecule has 10 heteroatoms. The van der Waals surface area contributed by atoms with E-state index in [4.69, 9.17) is 24.3 Å². The molecule has 0 radical (unpaired) electrons. The highest BCUT2D eigenvalue weighted by atomic mass is 31.2. The summed E-state index contributed by atoms with van der Waals surface area (Å²) in [7, 11) is -4.35. The molecule has 2 unspecified atom stereocenters. The van der Waals surface area contributed by atoms with Crippen molar-refractivity contribution >= 4 is 19.8 Å². The summed E-state index contributed by atoms with van der Waals surface area (Å²) in [6.45, 7) is 3.67. The standard InChI is InChI=1S/C31H62NO8P/c1-3-5-7-9-11-12-13-14-15-16-18-20-22-24-31(34)40-29(28-39-41(35,36)38-26-25-32)27-37-30(33)23-21-19-17-10-8-6-4-2/h29H,3-28,32H2,1-2H3,(H,35,36). The molecule has 0 aromatic carbocycles. The Morgan fingerprint density at radius 3 is 1.49 bits per heavy atom. The van der Waals surface area contributed by atoms with E-state index in [9.17, 15) is 19.0 Å². The molecule has 244 valence electrons. The summed E-state index contributed by atoms with van der Waals surface area (Å²) in [6, 6.07) is 0. The molecule has 3 N–H and O–H groups in total. The largest absolute Gasteiger partial charge is 0.472 e. The lowest BCUT2D eigenvalue weighted by molar-refractivity contribution is -0.161. The van der Waals surface area contributed by atoms with E-state index in [0.29, 0.717) is 6.42 Å². The maximum atomic E-state index is 12.4. The highest BCUT2D eigenvalue weighted by Gasteiger charge is 2.25. The maximum absolute atomic E-state index is 12.4. The van der Waals surface area contributed by atoms with Crippen molar-refractivity contribution in [2.24, 2.45) is 5.73 Å². The molecule has 0 spiro atoms. The van der Waals surface area contributed by atoms with E-state index in [0.717, 1.165) is 32.1 Å². The molecule has 0 bridgehead atoms. The van der Waals surface area contributed by atoms with Crippen LogP contribution in [0.5, 0.6) is 0 Å². The van der Waals surface area contributed by atoms with Gasteiger partial charge in [-0.3, -0.25) is 18.6 Å². The number of hydrogen-bond acceptors (Lipinski definition) is 8. The SMILES string of the molecule is CCCCCCCCCCCCCCCC(=O)OC(COC(=O)CCCCCCCCC)COP(=O)(O)OCCN. The molecule has 0 heterocycles. The molecule has 41 heavy (non-hydrogen) atoms. The van der Waals surface area contributed by atoms with Crippen molar-refractivity contribution in [2.75, 3.05) is 26.4 Å². The van der Waals surface area contributed by atoms with Gasteiger partial charge in [0.2, 0.25) is 0 Å². The second kappa shape index (κ2) is 29.1. The minimum atomic E-state index is -4.35. The van der Waals surface area contributed by atoms with E-state index in [1.165, 1.54) is 89.9 Å². The molecule has 0 amide bonds. The molecular weight excluding hydrogens is 545 g/mol. The van der Waals surface area contributed by atoms with E-state index in [1.54, 1.807) is 0 Å².